The fourth-order valence-electron chi connectivity index (χ4n) is 1.78. The predicted octanol–water partition coefficient (Wildman–Crippen LogP) is 1.07. The molecule has 0 spiro atoms. The van der Waals surface area contributed by atoms with E-state index in [1.165, 1.54) is 6.20 Å². The van der Waals surface area contributed by atoms with Crippen molar-refractivity contribution in [2.45, 2.75) is 6.54 Å². The number of rotatable bonds is 3. The second-order valence-electron chi connectivity index (χ2n) is 3.82. The Morgan fingerprint density at radius 2 is 2.39 bits per heavy atom. The van der Waals surface area contributed by atoms with Gasteiger partial charge in [0.25, 0.3) is 5.91 Å². The standard InChI is InChI=1S/C12H11N3O3/c16-12(9-5-14-15-6-9)13-4-8-2-1-3-10-11(8)18-7-17-10/h1-3,5-6H,4,7H2,(H,13,16)(H,14,15). The number of para-hydroxylation sites is 1. The zero-order valence-corrected chi connectivity index (χ0v) is 9.47. The van der Waals surface area contributed by atoms with Gasteiger partial charge in [-0.3, -0.25) is 9.89 Å². The Bertz CT molecular complexity index is 566. The van der Waals surface area contributed by atoms with Gasteiger partial charge in [-0.25, -0.2) is 0 Å². The van der Waals surface area contributed by atoms with Gasteiger partial charge in [-0.05, 0) is 6.07 Å². The molecule has 1 aromatic heterocycles. The first-order chi connectivity index (χ1) is 8.84. The summed E-state index contributed by atoms with van der Waals surface area (Å²) in [5.41, 5.74) is 1.39. The Labute approximate surface area is 103 Å². The highest BCUT2D eigenvalue weighted by molar-refractivity contribution is 5.93. The number of aromatic nitrogens is 2. The van der Waals surface area contributed by atoms with Gasteiger partial charge in [0.2, 0.25) is 6.79 Å². The van der Waals surface area contributed by atoms with Gasteiger partial charge in [0.1, 0.15) is 0 Å². The van der Waals surface area contributed by atoms with E-state index in [1.807, 2.05) is 18.2 Å². The molecule has 0 saturated carbocycles. The van der Waals surface area contributed by atoms with Crippen LogP contribution in [0.25, 0.3) is 0 Å². The van der Waals surface area contributed by atoms with Crippen LogP contribution < -0.4 is 14.8 Å². The van der Waals surface area contributed by atoms with Crippen molar-refractivity contribution >= 4 is 5.91 Å². The fraction of sp³-hybridized carbons (Fsp3) is 0.167. The topological polar surface area (TPSA) is 76.2 Å². The van der Waals surface area contributed by atoms with E-state index in [4.69, 9.17) is 9.47 Å². The number of nitrogens with one attached hydrogen (secondary N) is 2. The number of fused-ring (bicyclic) bond motifs is 1. The minimum absolute atomic E-state index is 0.180. The average molecular weight is 245 g/mol. The summed E-state index contributed by atoms with van der Waals surface area (Å²) in [5, 5.41) is 9.12. The van der Waals surface area contributed by atoms with Crippen LogP contribution in [0.3, 0.4) is 0 Å². The molecule has 0 atom stereocenters. The molecule has 6 heteroatoms. The third-order valence-corrected chi connectivity index (χ3v) is 2.68. The van der Waals surface area contributed by atoms with Crippen molar-refractivity contribution in [1.29, 1.82) is 0 Å². The lowest BCUT2D eigenvalue weighted by atomic mass is 10.2. The van der Waals surface area contributed by atoms with E-state index in [1.54, 1.807) is 6.20 Å². The molecular formula is C12H11N3O3. The molecule has 2 N–H and O–H groups in total. The largest absolute Gasteiger partial charge is 0.454 e. The molecule has 1 aliphatic rings. The number of aromatic amines is 1. The number of carbonyl (C=O) groups is 1. The maximum atomic E-state index is 11.7. The van der Waals surface area contributed by atoms with Crippen LogP contribution in [-0.4, -0.2) is 22.9 Å². The second-order valence-corrected chi connectivity index (χ2v) is 3.82. The summed E-state index contributed by atoms with van der Waals surface area (Å²) >= 11 is 0. The van der Waals surface area contributed by atoms with Gasteiger partial charge in [-0.2, -0.15) is 5.10 Å². The van der Waals surface area contributed by atoms with Gasteiger partial charge in [-0.15, -0.1) is 0 Å². The lowest BCUT2D eigenvalue weighted by Gasteiger charge is -2.06. The summed E-state index contributed by atoms with van der Waals surface area (Å²) in [4.78, 5) is 11.7. The molecule has 1 amide bonds. The molecule has 0 bridgehead atoms. The zero-order valence-electron chi connectivity index (χ0n) is 9.47. The SMILES string of the molecule is O=C(NCc1cccc2c1OCO2)c1cn[nH]c1. The molecule has 0 fully saturated rings. The van der Waals surface area contributed by atoms with Gasteiger partial charge >= 0.3 is 0 Å². The van der Waals surface area contributed by atoms with Gasteiger partial charge in [0, 0.05) is 18.3 Å². The van der Waals surface area contributed by atoms with Crippen molar-refractivity contribution in [2.24, 2.45) is 0 Å². The number of ether oxygens (including phenoxy) is 2. The monoisotopic (exact) mass is 245 g/mol. The molecule has 0 unspecified atom stereocenters. The number of amides is 1. The molecule has 92 valence electrons. The Hall–Kier alpha value is -2.50. The lowest BCUT2D eigenvalue weighted by molar-refractivity contribution is 0.0950. The summed E-state index contributed by atoms with van der Waals surface area (Å²) < 4.78 is 10.6. The normalized spacial score (nSPS) is 12.4. The van der Waals surface area contributed by atoms with Crippen LogP contribution in [0.2, 0.25) is 0 Å². The quantitative estimate of drug-likeness (QED) is 0.848. The minimum atomic E-state index is -0.180. The second kappa shape index (κ2) is 4.40. The van der Waals surface area contributed by atoms with Crippen LogP contribution in [0.4, 0.5) is 0 Å². The number of hydrogen-bond acceptors (Lipinski definition) is 4. The first-order valence-electron chi connectivity index (χ1n) is 5.49. The molecule has 18 heavy (non-hydrogen) atoms. The Morgan fingerprint density at radius 3 is 3.22 bits per heavy atom. The van der Waals surface area contributed by atoms with Crippen LogP contribution in [0, 0.1) is 0 Å². The van der Waals surface area contributed by atoms with E-state index in [0.717, 1.165) is 5.56 Å². The van der Waals surface area contributed by atoms with Gasteiger partial charge in [-0.1, -0.05) is 12.1 Å². The van der Waals surface area contributed by atoms with Crippen molar-refractivity contribution in [3.63, 3.8) is 0 Å². The molecule has 1 aliphatic heterocycles. The van der Waals surface area contributed by atoms with E-state index < -0.39 is 0 Å². The van der Waals surface area contributed by atoms with E-state index in [0.29, 0.717) is 23.6 Å². The van der Waals surface area contributed by atoms with Crippen LogP contribution >= 0.6 is 0 Å². The number of hydrogen-bond donors (Lipinski definition) is 2. The molecule has 1 aromatic carbocycles. The number of benzene rings is 1. The highest BCUT2D eigenvalue weighted by Gasteiger charge is 2.17. The molecule has 2 heterocycles. The van der Waals surface area contributed by atoms with Crippen LogP contribution in [-0.2, 0) is 6.54 Å². The lowest BCUT2D eigenvalue weighted by Crippen LogP contribution is -2.22. The van der Waals surface area contributed by atoms with E-state index >= 15 is 0 Å². The van der Waals surface area contributed by atoms with Crippen LogP contribution in [0.15, 0.2) is 30.6 Å². The highest BCUT2D eigenvalue weighted by Crippen LogP contribution is 2.35. The van der Waals surface area contributed by atoms with Gasteiger partial charge in [0.05, 0.1) is 11.8 Å². The molecule has 0 saturated heterocycles. The fourth-order valence-corrected chi connectivity index (χ4v) is 1.78. The summed E-state index contributed by atoms with van der Waals surface area (Å²) in [6.07, 6.45) is 3.02. The molecule has 3 rings (SSSR count). The van der Waals surface area contributed by atoms with Crippen LogP contribution in [0.5, 0.6) is 11.5 Å². The van der Waals surface area contributed by atoms with Crippen molar-refractivity contribution < 1.29 is 14.3 Å². The number of carbonyl (C=O) groups excluding carboxylic acids is 1. The maximum absolute atomic E-state index is 11.7. The van der Waals surface area contributed by atoms with E-state index in [-0.39, 0.29) is 12.7 Å². The van der Waals surface area contributed by atoms with E-state index in [2.05, 4.69) is 15.5 Å². The Morgan fingerprint density at radius 1 is 1.44 bits per heavy atom. The Kier molecular flexibility index (Phi) is 2.60. The molecular weight excluding hydrogens is 234 g/mol. The minimum Gasteiger partial charge on any atom is -0.454 e. The zero-order chi connectivity index (χ0) is 12.4. The van der Waals surface area contributed by atoms with Crippen molar-refractivity contribution in [1.82, 2.24) is 15.5 Å². The number of H-pyrrole nitrogens is 1. The summed E-state index contributed by atoms with van der Waals surface area (Å²) in [6, 6.07) is 5.60. The van der Waals surface area contributed by atoms with Crippen molar-refractivity contribution in [3.8, 4) is 11.5 Å². The maximum Gasteiger partial charge on any atom is 0.254 e. The smallest absolute Gasteiger partial charge is 0.254 e. The molecule has 0 aliphatic carbocycles. The third-order valence-electron chi connectivity index (χ3n) is 2.68. The summed E-state index contributed by atoms with van der Waals surface area (Å²) in [6.45, 7) is 0.610. The van der Waals surface area contributed by atoms with E-state index in [9.17, 15) is 4.79 Å². The van der Waals surface area contributed by atoms with Gasteiger partial charge < -0.3 is 14.8 Å². The summed E-state index contributed by atoms with van der Waals surface area (Å²) in [7, 11) is 0. The summed E-state index contributed by atoms with van der Waals surface area (Å²) in [5.74, 6) is 1.23. The number of nitrogens with zero attached hydrogens (tertiary/aromatic N) is 1. The van der Waals surface area contributed by atoms with Crippen LogP contribution in [0.1, 0.15) is 15.9 Å². The molecule has 0 radical (unpaired) electrons. The van der Waals surface area contributed by atoms with Crippen molar-refractivity contribution in [2.75, 3.05) is 6.79 Å². The first kappa shape index (κ1) is 10.6. The molecule has 2 aromatic rings. The predicted molar refractivity (Wildman–Crippen MR) is 62.3 cm³/mol. The average Bonchev–Trinajstić information content (AvgIpc) is 3.05. The third kappa shape index (κ3) is 1.88. The first-order valence-corrected chi connectivity index (χ1v) is 5.49. The Balaban J connectivity index is 1.71. The van der Waals surface area contributed by atoms with Crippen molar-refractivity contribution in [3.05, 3.63) is 41.7 Å². The van der Waals surface area contributed by atoms with Gasteiger partial charge in [0.15, 0.2) is 11.5 Å². The highest BCUT2D eigenvalue weighted by atomic mass is 16.7. The molecule has 6 nitrogen and oxygen atoms in total.